The van der Waals surface area contributed by atoms with Crippen LogP contribution in [0.2, 0.25) is 0 Å². The number of amides is 1. The quantitative estimate of drug-likeness (QED) is 0.832. The summed E-state index contributed by atoms with van der Waals surface area (Å²) in [6, 6.07) is 0. The fourth-order valence-electron chi connectivity index (χ4n) is 2.03. The number of carbonyl (C=O) groups is 2. The van der Waals surface area contributed by atoms with Crippen LogP contribution in [-0.4, -0.2) is 51.4 Å². The van der Waals surface area contributed by atoms with E-state index in [2.05, 4.69) is 5.10 Å². The van der Waals surface area contributed by atoms with Gasteiger partial charge in [-0.15, -0.1) is 0 Å². The summed E-state index contributed by atoms with van der Waals surface area (Å²) < 4.78 is 6.43. The summed E-state index contributed by atoms with van der Waals surface area (Å²) >= 11 is 0. The summed E-state index contributed by atoms with van der Waals surface area (Å²) in [5, 5.41) is 12.5. The van der Waals surface area contributed by atoms with Gasteiger partial charge in [0, 0.05) is 13.1 Å². The van der Waals surface area contributed by atoms with Crippen LogP contribution in [0.4, 0.5) is 0 Å². The second kappa shape index (κ2) is 6.21. The van der Waals surface area contributed by atoms with E-state index in [0.717, 1.165) is 25.9 Å². The minimum atomic E-state index is -1.04. The average Bonchev–Trinajstić information content (AvgIpc) is 2.85. The number of carbonyl (C=O) groups excluding carboxylic acids is 1. The molecule has 1 amide bonds. The van der Waals surface area contributed by atoms with Gasteiger partial charge in [-0.1, -0.05) is 0 Å². The standard InChI is InChI=1S/C12H17N3O4/c16-11(14-4-2-1-3-5-14)8-15-7-10(6-13-15)19-9-12(17)18/h6-7H,1-5,8-9H2,(H,17,18). The molecule has 0 saturated carbocycles. The average molecular weight is 267 g/mol. The Morgan fingerprint density at radius 2 is 2.05 bits per heavy atom. The van der Waals surface area contributed by atoms with Crippen molar-refractivity contribution in [3.05, 3.63) is 12.4 Å². The summed E-state index contributed by atoms with van der Waals surface area (Å²) in [6.07, 6.45) is 6.23. The maximum atomic E-state index is 12.0. The number of ether oxygens (including phenoxy) is 1. The van der Waals surface area contributed by atoms with Crippen LogP contribution in [0.1, 0.15) is 19.3 Å². The molecule has 1 aromatic rings. The zero-order chi connectivity index (χ0) is 13.7. The number of hydrogen-bond acceptors (Lipinski definition) is 4. The molecule has 0 aromatic carbocycles. The van der Waals surface area contributed by atoms with Gasteiger partial charge in [-0.05, 0) is 19.3 Å². The van der Waals surface area contributed by atoms with E-state index in [1.54, 1.807) is 0 Å². The third-order valence-corrected chi connectivity index (χ3v) is 2.98. The lowest BCUT2D eigenvalue weighted by Crippen LogP contribution is -2.37. The van der Waals surface area contributed by atoms with Crippen LogP contribution in [0, 0.1) is 0 Å². The molecule has 1 aromatic heterocycles. The number of hydrogen-bond donors (Lipinski definition) is 1. The van der Waals surface area contributed by atoms with Gasteiger partial charge in [-0.25, -0.2) is 4.79 Å². The van der Waals surface area contributed by atoms with E-state index < -0.39 is 12.6 Å². The van der Waals surface area contributed by atoms with E-state index in [4.69, 9.17) is 9.84 Å². The minimum absolute atomic E-state index is 0.0348. The molecule has 0 bridgehead atoms. The number of aromatic nitrogens is 2. The molecule has 104 valence electrons. The Kier molecular flexibility index (Phi) is 4.38. The van der Waals surface area contributed by atoms with Crippen molar-refractivity contribution in [1.29, 1.82) is 0 Å². The highest BCUT2D eigenvalue weighted by atomic mass is 16.5. The number of carboxylic acids is 1. The fraction of sp³-hybridized carbons (Fsp3) is 0.583. The first-order valence-corrected chi connectivity index (χ1v) is 6.30. The predicted octanol–water partition coefficient (Wildman–Crippen LogP) is 0.359. The Morgan fingerprint density at radius 3 is 2.74 bits per heavy atom. The van der Waals surface area contributed by atoms with E-state index in [0.29, 0.717) is 5.75 Å². The largest absolute Gasteiger partial charge is 0.479 e. The molecule has 7 nitrogen and oxygen atoms in total. The molecule has 0 aliphatic carbocycles. The highest BCUT2D eigenvalue weighted by molar-refractivity contribution is 5.76. The first kappa shape index (κ1) is 13.4. The van der Waals surface area contributed by atoms with E-state index in [1.165, 1.54) is 23.5 Å². The summed E-state index contributed by atoms with van der Waals surface area (Å²) in [6.45, 7) is 1.37. The van der Waals surface area contributed by atoms with Gasteiger partial charge in [0.25, 0.3) is 0 Å². The van der Waals surface area contributed by atoms with E-state index >= 15 is 0 Å². The van der Waals surface area contributed by atoms with Crippen LogP contribution in [-0.2, 0) is 16.1 Å². The summed E-state index contributed by atoms with van der Waals surface area (Å²) in [5.74, 6) is -0.654. The number of carboxylic acid groups (broad SMARTS) is 1. The van der Waals surface area contributed by atoms with Crippen molar-refractivity contribution in [3.63, 3.8) is 0 Å². The van der Waals surface area contributed by atoms with Crippen LogP contribution in [0.25, 0.3) is 0 Å². The third kappa shape index (κ3) is 3.97. The number of aliphatic carboxylic acids is 1. The summed E-state index contributed by atoms with van der Waals surface area (Å²) in [7, 11) is 0. The second-order valence-electron chi connectivity index (χ2n) is 4.50. The molecule has 1 saturated heterocycles. The zero-order valence-corrected chi connectivity index (χ0v) is 10.6. The van der Waals surface area contributed by atoms with Crippen molar-refractivity contribution in [1.82, 2.24) is 14.7 Å². The van der Waals surface area contributed by atoms with Gasteiger partial charge in [0.1, 0.15) is 6.54 Å². The van der Waals surface area contributed by atoms with E-state index in [1.807, 2.05) is 4.90 Å². The molecule has 2 rings (SSSR count). The van der Waals surface area contributed by atoms with Crippen LogP contribution >= 0.6 is 0 Å². The molecule has 2 heterocycles. The molecule has 0 spiro atoms. The Labute approximate surface area is 110 Å². The highest BCUT2D eigenvalue weighted by Gasteiger charge is 2.17. The smallest absolute Gasteiger partial charge is 0.341 e. The summed E-state index contributed by atoms with van der Waals surface area (Å²) in [5.41, 5.74) is 0. The summed E-state index contributed by atoms with van der Waals surface area (Å²) in [4.78, 5) is 24.2. The Bertz CT molecular complexity index is 452. The zero-order valence-electron chi connectivity index (χ0n) is 10.6. The fourth-order valence-corrected chi connectivity index (χ4v) is 2.03. The molecule has 0 unspecified atom stereocenters. The van der Waals surface area contributed by atoms with Crippen molar-refractivity contribution in [2.24, 2.45) is 0 Å². The molecule has 1 fully saturated rings. The lowest BCUT2D eigenvalue weighted by atomic mass is 10.1. The van der Waals surface area contributed by atoms with Gasteiger partial charge in [0.05, 0.1) is 12.4 Å². The first-order chi connectivity index (χ1) is 9.15. The van der Waals surface area contributed by atoms with Crippen molar-refractivity contribution in [2.75, 3.05) is 19.7 Å². The number of rotatable bonds is 5. The van der Waals surface area contributed by atoms with Crippen molar-refractivity contribution >= 4 is 11.9 Å². The molecule has 1 aliphatic heterocycles. The number of likely N-dealkylation sites (tertiary alicyclic amines) is 1. The molecular formula is C12H17N3O4. The van der Waals surface area contributed by atoms with Gasteiger partial charge < -0.3 is 14.7 Å². The first-order valence-electron chi connectivity index (χ1n) is 6.30. The molecule has 19 heavy (non-hydrogen) atoms. The van der Waals surface area contributed by atoms with Gasteiger partial charge in [0.15, 0.2) is 12.4 Å². The lowest BCUT2D eigenvalue weighted by molar-refractivity contribution is -0.139. The van der Waals surface area contributed by atoms with Crippen LogP contribution in [0.15, 0.2) is 12.4 Å². The Morgan fingerprint density at radius 1 is 1.32 bits per heavy atom. The third-order valence-electron chi connectivity index (χ3n) is 2.98. The predicted molar refractivity (Wildman–Crippen MR) is 65.8 cm³/mol. The maximum absolute atomic E-state index is 12.0. The molecule has 0 radical (unpaired) electrons. The number of piperidine rings is 1. The molecule has 7 heteroatoms. The van der Waals surface area contributed by atoms with Gasteiger partial charge in [-0.3, -0.25) is 9.48 Å². The second-order valence-corrected chi connectivity index (χ2v) is 4.50. The van der Waals surface area contributed by atoms with Crippen molar-refractivity contribution < 1.29 is 19.4 Å². The van der Waals surface area contributed by atoms with Crippen molar-refractivity contribution in [3.8, 4) is 5.75 Å². The van der Waals surface area contributed by atoms with Gasteiger partial charge in [0.2, 0.25) is 5.91 Å². The molecule has 1 N–H and O–H groups in total. The van der Waals surface area contributed by atoms with Crippen molar-refractivity contribution in [2.45, 2.75) is 25.8 Å². The van der Waals surface area contributed by atoms with E-state index in [9.17, 15) is 9.59 Å². The number of nitrogens with zero attached hydrogens (tertiary/aromatic N) is 3. The SMILES string of the molecule is O=C(O)COc1cnn(CC(=O)N2CCCCC2)c1. The van der Waals surface area contributed by atoms with Crippen LogP contribution in [0.3, 0.4) is 0 Å². The molecular weight excluding hydrogens is 250 g/mol. The van der Waals surface area contributed by atoms with Gasteiger partial charge >= 0.3 is 5.97 Å². The minimum Gasteiger partial charge on any atom is -0.479 e. The lowest BCUT2D eigenvalue weighted by Gasteiger charge is -2.26. The van der Waals surface area contributed by atoms with Crippen LogP contribution < -0.4 is 4.74 Å². The molecule has 1 aliphatic rings. The normalized spacial score (nSPS) is 15.3. The Hall–Kier alpha value is -2.05. The highest BCUT2D eigenvalue weighted by Crippen LogP contribution is 2.11. The monoisotopic (exact) mass is 267 g/mol. The van der Waals surface area contributed by atoms with E-state index in [-0.39, 0.29) is 12.5 Å². The van der Waals surface area contributed by atoms with Gasteiger partial charge in [-0.2, -0.15) is 5.10 Å². The topological polar surface area (TPSA) is 84.7 Å². The molecule has 0 atom stereocenters. The van der Waals surface area contributed by atoms with Crippen LogP contribution in [0.5, 0.6) is 5.75 Å². The maximum Gasteiger partial charge on any atom is 0.341 e. The Balaban J connectivity index is 1.84.